The molecule has 1 atom stereocenters. The van der Waals surface area contributed by atoms with Gasteiger partial charge in [0, 0.05) is 35.5 Å². The average molecular weight is 591 g/mol. The van der Waals surface area contributed by atoms with Gasteiger partial charge in [-0.3, -0.25) is 9.59 Å². The van der Waals surface area contributed by atoms with Gasteiger partial charge in [0.15, 0.2) is 9.84 Å². The van der Waals surface area contributed by atoms with Crippen molar-refractivity contribution in [1.82, 2.24) is 5.32 Å². The lowest BCUT2D eigenvalue weighted by Crippen LogP contribution is -2.38. The lowest BCUT2D eigenvalue weighted by Gasteiger charge is -2.37. The molecule has 0 saturated heterocycles. The second kappa shape index (κ2) is 14.4. The van der Waals surface area contributed by atoms with E-state index in [2.05, 4.69) is 24.1 Å². The van der Waals surface area contributed by atoms with Gasteiger partial charge in [-0.15, -0.1) is 11.8 Å². The molecule has 1 heterocycles. The first kappa shape index (κ1) is 32.0. The van der Waals surface area contributed by atoms with Crippen LogP contribution in [0.4, 0.5) is 11.4 Å². The Morgan fingerprint density at radius 2 is 1.73 bits per heavy atom. The van der Waals surface area contributed by atoms with Crippen LogP contribution >= 0.6 is 11.8 Å². The van der Waals surface area contributed by atoms with Gasteiger partial charge in [0.2, 0.25) is 0 Å². The molecule has 0 fully saturated rings. The van der Waals surface area contributed by atoms with Crippen LogP contribution in [0.25, 0.3) is 0 Å². The molecule has 0 spiro atoms. The van der Waals surface area contributed by atoms with Crippen molar-refractivity contribution in [2.24, 2.45) is 5.41 Å². The molecular formula is C30H42N2O6S2. The number of fused-ring (bicyclic) bond motifs is 1. The molecule has 220 valence electrons. The number of rotatable bonds is 15. The summed E-state index contributed by atoms with van der Waals surface area (Å²) in [5, 5.41) is 21.5. The maximum atomic E-state index is 14.2. The van der Waals surface area contributed by atoms with Crippen molar-refractivity contribution in [3.8, 4) is 0 Å². The van der Waals surface area contributed by atoms with Crippen molar-refractivity contribution >= 4 is 44.9 Å². The third kappa shape index (κ3) is 8.01. The van der Waals surface area contributed by atoms with Gasteiger partial charge < -0.3 is 20.4 Å². The van der Waals surface area contributed by atoms with Crippen molar-refractivity contribution in [2.75, 3.05) is 23.5 Å². The predicted octanol–water partition coefficient (Wildman–Crippen LogP) is 6.11. The van der Waals surface area contributed by atoms with Crippen LogP contribution in [0.3, 0.4) is 0 Å². The minimum atomic E-state index is -3.68. The summed E-state index contributed by atoms with van der Waals surface area (Å²) in [6.45, 7) is 4.98. The Morgan fingerprint density at radius 3 is 2.27 bits per heavy atom. The van der Waals surface area contributed by atoms with Gasteiger partial charge in [-0.2, -0.15) is 0 Å². The van der Waals surface area contributed by atoms with Crippen molar-refractivity contribution < 1.29 is 28.2 Å². The zero-order chi connectivity index (χ0) is 29.3. The third-order valence-corrected chi connectivity index (χ3v) is 10.5. The lowest BCUT2D eigenvalue weighted by molar-refractivity contribution is -0.140. The number of hydrogen-bond donors (Lipinski definition) is 3. The number of hydrogen-bond acceptors (Lipinski definition) is 7. The van der Waals surface area contributed by atoms with Crippen LogP contribution in [0.15, 0.2) is 52.3 Å². The summed E-state index contributed by atoms with van der Waals surface area (Å²) in [7, 11) is -3.68. The molecule has 3 N–H and O–H groups in total. The van der Waals surface area contributed by atoms with E-state index >= 15 is 0 Å². The Morgan fingerprint density at radius 1 is 1.07 bits per heavy atom. The molecule has 2 aromatic rings. The molecule has 0 saturated carbocycles. The van der Waals surface area contributed by atoms with E-state index in [0.717, 1.165) is 49.1 Å². The number of anilines is 2. The highest BCUT2D eigenvalue weighted by Gasteiger charge is 2.42. The first-order valence-electron chi connectivity index (χ1n) is 14.0. The number of benzene rings is 2. The second-order valence-corrected chi connectivity index (χ2v) is 13.5. The average Bonchev–Trinajstić information content (AvgIpc) is 3.02. The molecule has 3 rings (SSSR count). The maximum Gasteiger partial charge on any atom is 0.320 e. The molecule has 0 aromatic heterocycles. The molecule has 0 amide bonds. The summed E-state index contributed by atoms with van der Waals surface area (Å²) in [5.74, 6) is -2.14. The van der Waals surface area contributed by atoms with E-state index in [4.69, 9.17) is 5.11 Å². The molecule has 8 nitrogen and oxygen atoms in total. The van der Waals surface area contributed by atoms with Gasteiger partial charge in [0.05, 0.1) is 16.3 Å². The number of carboxylic acid groups (broad SMARTS) is 2. The number of carboxylic acids is 2. The van der Waals surface area contributed by atoms with E-state index < -0.39 is 33.2 Å². The van der Waals surface area contributed by atoms with Gasteiger partial charge in [0.25, 0.3) is 0 Å². The number of para-hydroxylation sites is 1. The summed E-state index contributed by atoms with van der Waals surface area (Å²) < 4.78 is 28.3. The van der Waals surface area contributed by atoms with E-state index in [9.17, 15) is 23.1 Å². The molecule has 40 heavy (non-hydrogen) atoms. The third-order valence-electron chi connectivity index (χ3n) is 7.65. The topological polar surface area (TPSA) is 124 Å². The van der Waals surface area contributed by atoms with Crippen LogP contribution in [0, 0.1) is 5.41 Å². The highest BCUT2D eigenvalue weighted by atomic mass is 32.2. The van der Waals surface area contributed by atoms with Crippen LogP contribution in [0.5, 0.6) is 0 Å². The zero-order valence-corrected chi connectivity index (χ0v) is 25.3. The van der Waals surface area contributed by atoms with Crippen molar-refractivity contribution in [2.45, 2.75) is 87.6 Å². The highest BCUT2D eigenvalue weighted by Crippen LogP contribution is 2.46. The fourth-order valence-electron chi connectivity index (χ4n) is 5.51. The van der Waals surface area contributed by atoms with Crippen LogP contribution in [-0.2, 0) is 26.0 Å². The fraction of sp³-hybridized carbons (Fsp3) is 0.533. The minimum Gasteiger partial charge on any atom is -0.481 e. The van der Waals surface area contributed by atoms with Crippen molar-refractivity contribution in [3.05, 3.63) is 48.0 Å². The maximum absolute atomic E-state index is 14.2. The van der Waals surface area contributed by atoms with Crippen LogP contribution in [0.1, 0.15) is 70.8 Å². The molecular weight excluding hydrogens is 548 g/mol. The normalized spacial score (nSPS) is 16.6. The number of nitrogens with one attached hydrogen (secondary N) is 1. The molecule has 0 bridgehead atoms. The molecule has 1 unspecified atom stereocenters. The van der Waals surface area contributed by atoms with Crippen molar-refractivity contribution in [1.29, 1.82) is 0 Å². The quantitative estimate of drug-likeness (QED) is 0.211. The largest absolute Gasteiger partial charge is 0.481 e. The van der Waals surface area contributed by atoms with Crippen LogP contribution in [-0.4, -0.2) is 55.2 Å². The number of unbranched alkanes of at least 4 members (excludes halogenated alkanes) is 2. The Hall–Kier alpha value is -2.56. The lowest BCUT2D eigenvalue weighted by atomic mass is 9.79. The molecule has 1 aliphatic rings. The van der Waals surface area contributed by atoms with Crippen molar-refractivity contribution in [3.63, 3.8) is 0 Å². The van der Waals surface area contributed by atoms with Crippen LogP contribution < -0.4 is 10.2 Å². The van der Waals surface area contributed by atoms with E-state index in [1.54, 1.807) is 6.07 Å². The highest BCUT2D eigenvalue weighted by molar-refractivity contribution is 7.98. The van der Waals surface area contributed by atoms with E-state index in [1.807, 2.05) is 42.7 Å². The SMILES string of the molecule is CCCCC1(CCCC)CN(c2ccccc2)c2cc(SC)c(CNC(CCC(=O)O)C(=O)O)cc2S(=O)(=O)C1. The smallest absolute Gasteiger partial charge is 0.320 e. The van der Waals surface area contributed by atoms with Gasteiger partial charge >= 0.3 is 11.9 Å². The minimum absolute atomic E-state index is 0.0676. The van der Waals surface area contributed by atoms with Gasteiger partial charge in [0.1, 0.15) is 6.04 Å². The van der Waals surface area contributed by atoms with Crippen LogP contribution in [0.2, 0.25) is 0 Å². The Balaban J connectivity index is 2.12. The summed E-state index contributed by atoms with van der Waals surface area (Å²) in [4.78, 5) is 26.0. The standard InChI is InChI=1S/C30H42N2O6S2/c1-4-6-15-30(16-7-5-2)20-32(23-11-9-8-10-12-23)25-18-26(39-3)22(17-27(25)40(37,38)21-30)19-31-24(29(35)36)13-14-28(33)34/h8-12,17-18,24,31H,4-7,13-16,19-21H2,1-3H3,(H,33,34)(H,35,36). The Kier molecular flexibility index (Phi) is 11.5. The Bertz CT molecular complexity index is 1260. The van der Waals surface area contributed by atoms with E-state index in [0.29, 0.717) is 17.8 Å². The predicted molar refractivity (Wildman–Crippen MR) is 160 cm³/mol. The zero-order valence-electron chi connectivity index (χ0n) is 23.7. The van der Waals surface area contributed by atoms with Gasteiger partial charge in [-0.05, 0) is 55.3 Å². The summed E-state index contributed by atoms with van der Waals surface area (Å²) >= 11 is 1.48. The first-order valence-corrected chi connectivity index (χ1v) is 16.9. The molecule has 2 aromatic carbocycles. The van der Waals surface area contributed by atoms with E-state index in [-0.39, 0.29) is 30.0 Å². The first-order chi connectivity index (χ1) is 19.1. The number of sulfone groups is 1. The van der Waals surface area contributed by atoms with Gasteiger partial charge in [-0.25, -0.2) is 8.42 Å². The number of thioether (sulfide) groups is 1. The Labute approximate surface area is 242 Å². The second-order valence-electron chi connectivity index (χ2n) is 10.7. The monoisotopic (exact) mass is 590 g/mol. The number of carbonyl (C=O) groups is 2. The molecule has 1 aliphatic heterocycles. The van der Waals surface area contributed by atoms with E-state index in [1.165, 1.54) is 11.8 Å². The summed E-state index contributed by atoms with van der Waals surface area (Å²) in [6, 6.07) is 12.5. The summed E-state index contributed by atoms with van der Waals surface area (Å²) in [6.07, 6.45) is 7.11. The number of nitrogens with zero attached hydrogens (tertiary/aromatic N) is 1. The number of aliphatic carboxylic acids is 2. The fourth-order valence-corrected chi connectivity index (χ4v) is 8.28. The molecule has 0 radical (unpaired) electrons. The van der Waals surface area contributed by atoms with Gasteiger partial charge in [-0.1, -0.05) is 57.7 Å². The summed E-state index contributed by atoms with van der Waals surface area (Å²) in [5.41, 5.74) is 1.87. The molecule has 10 heteroatoms. The molecule has 0 aliphatic carbocycles.